The summed E-state index contributed by atoms with van der Waals surface area (Å²) in [4.78, 5) is 15.4. The molecule has 1 amide bonds. The first kappa shape index (κ1) is 11.9. The summed E-state index contributed by atoms with van der Waals surface area (Å²) < 4.78 is 1.84. The molecule has 2 aromatic rings. The van der Waals surface area contributed by atoms with Crippen LogP contribution in [0.4, 0.5) is 5.69 Å². The van der Waals surface area contributed by atoms with E-state index in [0.29, 0.717) is 5.69 Å². The van der Waals surface area contributed by atoms with Crippen LogP contribution in [0.15, 0.2) is 18.5 Å². The molecular formula is C11H13ClN4O. The highest BCUT2D eigenvalue weighted by Crippen LogP contribution is 2.18. The molecule has 2 aromatic heterocycles. The van der Waals surface area contributed by atoms with Crippen molar-refractivity contribution in [2.75, 3.05) is 11.2 Å². The van der Waals surface area contributed by atoms with Crippen LogP contribution in [0.2, 0.25) is 0 Å². The average molecular weight is 253 g/mol. The fourth-order valence-electron chi connectivity index (χ4n) is 1.58. The van der Waals surface area contributed by atoms with E-state index in [0.717, 1.165) is 11.0 Å². The normalized spacial score (nSPS) is 11.1. The number of carbonyl (C=O) groups excluding carboxylic acids is 1. The number of hydrogen-bond acceptors (Lipinski definition) is 3. The summed E-state index contributed by atoms with van der Waals surface area (Å²) in [5.41, 5.74) is 1.44. The van der Waals surface area contributed by atoms with Gasteiger partial charge in [0.2, 0.25) is 5.91 Å². The van der Waals surface area contributed by atoms with E-state index in [-0.39, 0.29) is 17.8 Å². The van der Waals surface area contributed by atoms with E-state index >= 15 is 0 Å². The van der Waals surface area contributed by atoms with Crippen molar-refractivity contribution in [1.82, 2.24) is 14.8 Å². The van der Waals surface area contributed by atoms with Gasteiger partial charge in [-0.2, -0.15) is 5.10 Å². The smallest absolute Gasteiger partial charge is 0.239 e. The lowest BCUT2D eigenvalue weighted by Gasteiger charge is -2.06. The Labute approximate surface area is 104 Å². The van der Waals surface area contributed by atoms with Gasteiger partial charge >= 0.3 is 0 Å². The lowest BCUT2D eigenvalue weighted by molar-refractivity contribution is -0.113. The third-order valence-electron chi connectivity index (χ3n) is 2.33. The number of amides is 1. The van der Waals surface area contributed by atoms with Gasteiger partial charge in [-0.15, -0.1) is 11.6 Å². The number of carbonyl (C=O) groups is 1. The van der Waals surface area contributed by atoms with Crippen LogP contribution in [-0.2, 0) is 4.79 Å². The van der Waals surface area contributed by atoms with Crippen molar-refractivity contribution in [1.29, 1.82) is 0 Å². The molecule has 90 valence electrons. The number of rotatable bonds is 3. The minimum Gasteiger partial charge on any atom is -0.324 e. The average Bonchev–Trinajstić information content (AvgIpc) is 2.71. The lowest BCUT2D eigenvalue weighted by atomic mass is 10.3. The molecule has 0 saturated heterocycles. The van der Waals surface area contributed by atoms with Crippen molar-refractivity contribution >= 4 is 34.2 Å². The zero-order valence-corrected chi connectivity index (χ0v) is 10.4. The molecular weight excluding hydrogens is 240 g/mol. The first-order chi connectivity index (χ1) is 8.11. The van der Waals surface area contributed by atoms with Gasteiger partial charge < -0.3 is 5.32 Å². The highest BCUT2D eigenvalue weighted by atomic mass is 35.5. The maximum absolute atomic E-state index is 11.1. The van der Waals surface area contributed by atoms with Crippen LogP contribution in [0.3, 0.4) is 0 Å². The Morgan fingerprint density at radius 1 is 1.53 bits per heavy atom. The van der Waals surface area contributed by atoms with Gasteiger partial charge in [-0.3, -0.25) is 4.79 Å². The molecule has 6 heteroatoms. The number of alkyl halides is 1. The topological polar surface area (TPSA) is 59.8 Å². The van der Waals surface area contributed by atoms with E-state index in [4.69, 9.17) is 11.6 Å². The lowest BCUT2D eigenvalue weighted by Crippen LogP contribution is -2.12. The van der Waals surface area contributed by atoms with Crippen LogP contribution in [0.25, 0.3) is 11.0 Å². The predicted octanol–water partition coefficient (Wildman–Crippen LogP) is 2.19. The number of nitrogens with one attached hydrogen (secondary N) is 1. The standard InChI is InChI=1S/C11H13ClN4O/c1-7(2)16-11-8(5-14-16)3-9(6-13-11)15-10(17)4-12/h3,5-7H,4H2,1-2H3,(H,15,17). The summed E-state index contributed by atoms with van der Waals surface area (Å²) in [6, 6.07) is 2.09. The van der Waals surface area contributed by atoms with E-state index < -0.39 is 0 Å². The molecule has 17 heavy (non-hydrogen) atoms. The Bertz CT molecular complexity index is 549. The quantitative estimate of drug-likeness (QED) is 0.852. The number of hydrogen-bond donors (Lipinski definition) is 1. The van der Waals surface area contributed by atoms with E-state index in [1.54, 1.807) is 12.4 Å². The molecule has 0 bridgehead atoms. The van der Waals surface area contributed by atoms with Gasteiger partial charge in [0.05, 0.1) is 18.1 Å². The fourth-order valence-corrected chi connectivity index (χ4v) is 1.65. The molecule has 0 radical (unpaired) electrons. The van der Waals surface area contributed by atoms with Gasteiger partial charge in [-0.25, -0.2) is 9.67 Å². The maximum atomic E-state index is 11.1. The minimum absolute atomic E-state index is 0.0662. The summed E-state index contributed by atoms with van der Waals surface area (Å²) in [5.74, 6) is -0.312. The molecule has 0 fully saturated rings. The zero-order chi connectivity index (χ0) is 12.4. The molecule has 0 saturated carbocycles. The second kappa shape index (κ2) is 4.71. The van der Waals surface area contributed by atoms with Crippen molar-refractivity contribution in [3.8, 4) is 0 Å². The third kappa shape index (κ3) is 2.39. The summed E-state index contributed by atoms with van der Waals surface area (Å²) in [6.45, 7) is 4.08. The van der Waals surface area contributed by atoms with Gasteiger partial charge in [0.15, 0.2) is 5.65 Å². The Kier molecular flexibility index (Phi) is 3.28. The molecule has 0 unspecified atom stereocenters. The van der Waals surface area contributed by atoms with E-state index in [9.17, 15) is 4.79 Å². The van der Waals surface area contributed by atoms with Gasteiger partial charge in [0, 0.05) is 11.4 Å². The number of fused-ring (bicyclic) bond motifs is 1. The molecule has 5 nitrogen and oxygen atoms in total. The van der Waals surface area contributed by atoms with Crippen molar-refractivity contribution in [2.45, 2.75) is 19.9 Å². The second-order valence-corrected chi connectivity index (χ2v) is 4.27. The number of aromatic nitrogens is 3. The van der Waals surface area contributed by atoms with Crippen LogP contribution in [0.5, 0.6) is 0 Å². The van der Waals surface area contributed by atoms with E-state index in [1.807, 2.05) is 24.6 Å². The van der Waals surface area contributed by atoms with Gasteiger partial charge in [0.1, 0.15) is 5.88 Å². The Balaban J connectivity index is 2.36. The first-order valence-electron chi connectivity index (χ1n) is 5.31. The molecule has 0 spiro atoms. The highest BCUT2D eigenvalue weighted by molar-refractivity contribution is 6.29. The van der Waals surface area contributed by atoms with Crippen molar-refractivity contribution in [3.05, 3.63) is 18.5 Å². The van der Waals surface area contributed by atoms with Gasteiger partial charge in [-0.05, 0) is 19.9 Å². The minimum atomic E-state index is -0.246. The monoisotopic (exact) mass is 252 g/mol. The highest BCUT2D eigenvalue weighted by Gasteiger charge is 2.08. The van der Waals surface area contributed by atoms with Gasteiger partial charge in [-0.1, -0.05) is 0 Å². The Morgan fingerprint density at radius 2 is 2.29 bits per heavy atom. The van der Waals surface area contributed by atoms with E-state index in [1.165, 1.54) is 0 Å². The molecule has 0 aromatic carbocycles. The van der Waals surface area contributed by atoms with Gasteiger partial charge in [0.25, 0.3) is 0 Å². The molecule has 0 aliphatic carbocycles. The first-order valence-corrected chi connectivity index (χ1v) is 5.84. The summed E-state index contributed by atoms with van der Waals surface area (Å²) in [5, 5.41) is 7.80. The maximum Gasteiger partial charge on any atom is 0.239 e. The summed E-state index contributed by atoms with van der Waals surface area (Å²) in [7, 11) is 0. The molecule has 0 atom stereocenters. The predicted molar refractivity (Wildman–Crippen MR) is 67.3 cm³/mol. The van der Waals surface area contributed by atoms with Crippen molar-refractivity contribution < 1.29 is 4.79 Å². The van der Waals surface area contributed by atoms with Crippen molar-refractivity contribution in [3.63, 3.8) is 0 Å². The summed E-state index contributed by atoms with van der Waals surface area (Å²) in [6.07, 6.45) is 3.34. The molecule has 0 aliphatic rings. The SMILES string of the molecule is CC(C)n1ncc2cc(NC(=O)CCl)cnc21. The largest absolute Gasteiger partial charge is 0.324 e. The number of anilines is 1. The van der Waals surface area contributed by atoms with Crippen LogP contribution < -0.4 is 5.32 Å². The van der Waals surface area contributed by atoms with Crippen molar-refractivity contribution in [2.24, 2.45) is 0 Å². The third-order valence-corrected chi connectivity index (χ3v) is 2.57. The van der Waals surface area contributed by atoms with Crippen LogP contribution in [0, 0.1) is 0 Å². The van der Waals surface area contributed by atoms with Crippen LogP contribution in [0.1, 0.15) is 19.9 Å². The summed E-state index contributed by atoms with van der Waals surface area (Å²) >= 11 is 5.42. The Morgan fingerprint density at radius 3 is 2.94 bits per heavy atom. The van der Waals surface area contributed by atoms with E-state index in [2.05, 4.69) is 15.4 Å². The molecule has 1 N–H and O–H groups in total. The fraction of sp³-hybridized carbons (Fsp3) is 0.364. The number of pyridine rings is 1. The molecule has 2 rings (SSSR count). The molecule has 2 heterocycles. The molecule has 0 aliphatic heterocycles. The second-order valence-electron chi connectivity index (χ2n) is 4.00. The number of halogens is 1. The van der Waals surface area contributed by atoms with Crippen LogP contribution in [-0.4, -0.2) is 26.6 Å². The zero-order valence-electron chi connectivity index (χ0n) is 9.64. The Hall–Kier alpha value is -1.62. The van der Waals surface area contributed by atoms with Crippen LogP contribution >= 0.6 is 11.6 Å². The number of nitrogens with zero attached hydrogens (tertiary/aromatic N) is 3.